The maximum atomic E-state index is 12.5. The first-order valence-electron chi connectivity index (χ1n) is 5.60. The van der Waals surface area contributed by atoms with Gasteiger partial charge in [-0.15, -0.1) is 11.3 Å². The van der Waals surface area contributed by atoms with Crippen LogP contribution in [-0.2, 0) is 16.6 Å². The minimum atomic E-state index is -3.65. The molecule has 0 amide bonds. The third-order valence-corrected chi connectivity index (χ3v) is 6.60. The van der Waals surface area contributed by atoms with Crippen LogP contribution in [0, 0.1) is 10.5 Å². The summed E-state index contributed by atoms with van der Waals surface area (Å²) in [7, 11) is -3.65. The molecule has 0 saturated heterocycles. The number of thiophene rings is 1. The van der Waals surface area contributed by atoms with Crippen molar-refractivity contribution in [3.05, 3.63) is 42.6 Å². The van der Waals surface area contributed by atoms with Crippen molar-refractivity contribution < 1.29 is 8.42 Å². The number of rotatable bonds is 4. The normalized spacial score (nSPS) is 11.6. The number of hydrogen-bond donors (Lipinski definition) is 2. The molecule has 0 aliphatic carbocycles. The summed E-state index contributed by atoms with van der Waals surface area (Å²) in [6.07, 6.45) is 0. The van der Waals surface area contributed by atoms with Gasteiger partial charge in [0.25, 0.3) is 10.0 Å². The fraction of sp³-hybridized carbons (Fsp3) is 0.167. The van der Waals surface area contributed by atoms with Crippen LogP contribution < -0.4 is 10.5 Å². The summed E-state index contributed by atoms with van der Waals surface area (Å²) in [5, 5.41) is 2.36. The van der Waals surface area contributed by atoms with Crippen molar-refractivity contribution in [1.82, 2.24) is 0 Å². The highest BCUT2D eigenvalue weighted by molar-refractivity contribution is 14.1. The molecule has 108 valence electrons. The van der Waals surface area contributed by atoms with E-state index in [9.17, 15) is 8.42 Å². The summed E-state index contributed by atoms with van der Waals surface area (Å²) in [5.41, 5.74) is 6.81. The molecule has 4 nitrogen and oxygen atoms in total. The molecule has 0 bridgehead atoms. The second-order valence-electron chi connectivity index (χ2n) is 4.10. The fourth-order valence-electron chi connectivity index (χ4n) is 1.76. The van der Waals surface area contributed by atoms with E-state index < -0.39 is 10.0 Å². The third kappa shape index (κ3) is 3.28. The highest BCUT2D eigenvalue weighted by Crippen LogP contribution is 2.30. The Morgan fingerprint density at radius 1 is 1.45 bits per heavy atom. The molecule has 0 unspecified atom stereocenters. The van der Waals surface area contributed by atoms with E-state index in [0.717, 1.165) is 3.57 Å². The van der Waals surface area contributed by atoms with Crippen LogP contribution in [0.3, 0.4) is 0 Å². The van der Waals surface area contributed by atoms with Gasteiger partial charge >= 0.3 is 0 Å². The van der Waals surface area contributed by atoms with Crippen molar-refractivity contribution in [2.75, 3.05) is 4.72 Å². The number of anilines is 1. The van der Waals surface area contributed by atoms with Crippen LogP contribution in [-0.4, -0.2) is 8.42 Å². The maximum absolute atomic E-state index is 12.5. The van der Waals surface area contributed by atoms with Gasteiger partial charge in [-0.25, -0.2) is 8.42 Å². The summed E-state index contributed by atoms with van der Waals surface area (Å²) in [5.74, 6) is 0. The zero-order valence-electron chi connectivity index (χ0n) is 10.5. The van der Waals surface area contributed by atoms with E-state index in [1.165, 1.54) is 11.3 Å². The Kier molecular flexibility index (Phi) is 4.96. The average Bonchev–Trinajstić information content (AvgIpc) is 2.75. The number of hydrogen-bond acceptors (Lipinski definition) is 4. The number of halogens is 2. The van der Waals surface area contributed by atoms with E-state index in [0.29, 0.717) is 21.2 Å². The van der Waals surface area contributed by atoms with Gasteiger partial charge in [0.2, 0.25) is 0 Å². The Bertz CT molecular complexity index is 744. The second-order valence-corrected chi connectivity index (χ2v) is 8.29. The van der Waals surface area contributed by atoms with Gasteiger partial charge in [-0.05, 0) is 58.7 Å². The molecule has 0 spiro atoms. The van der Waals surface area contributed by atoms with E-state index in [4.69, 9.17) is 17.3 Å². The summed E-state index contributed by atoms with van der Waals surface area (Å²) in [6, 6.07) is 4.99. The van der Waals surface area contributed by atoms with E-state index in [1.807, 2.05) is 22.6 Å². The number of benzene rings is 1. The van der Waals surface area contributed by atoms with Crippen molar-refractivity contribution in [3.63, 3.8) is 0 Å². The third-order valence-electron chi connectivity index (χ3n) is 2.62. The molecule has 2 aromatic rings. The Labute approximate surface area is 140 Å². The van der Waals surface area contributed by atoms with Gasteiger partial charge in [-0.2, -0.15) is 0 Å². The zero-order valence-corrected chi connectivity index (χ0v) is 15.0. The quantitative estimate of drug-likeness (QED) is 0.711. The molecule has 2 rings (SSSR count). The highest BCUT2D eigenvalue weighted by Gasteiger charge is 2.23. The van der Waals surface area contributed by atoms with Crippen LogP contribution in [0.2, 0.25) is 5.02 Å². The Balaban J connectivity index is 2.43. The first-order chi connectivity index (χ1) is 9.35. The van der Waals surface area contributed by atoms with Crippen LogP contribution in [0.4, 0.5) is 5.69 Å². The minimum Gasteiger partial charge on any atom is -0.326 e. The van der Waals surface area contributed by atoms with Crippen molar-refractivity contribution >= 4 is 61.2 Å². The monoisotopic (exact) mass is 442 g/mol. The van der Waals surface area contributed by atoms with E-state index in [2.05, 4.69) is 4.72 Å². The zero-order chi connectivity index (χ0) is 14.9. The second kappa shape index (κ2) is 6.18. The molecule has 1 aromatic heterocycles. The molecule has 20 heavy (non-hydrogen) atoms. The number of sulfonamides is 1. The first kappa shape index (κ1) is 16.0. The molecule has 0 aliphatic heterocycles. The molecule has 0 saturated carbocycles. The van der Waals surface area contributed by atoms with Crippen molar-refractivity contribution in [3.8, 4) is 0 Å². The molecule has 0 radical (unpaired) electrons. The van der Waals surface area contributed by atoms with E-state index >= 15 is 0 Å². The molecule has 0 fully saturated rings. The van der Waals surface area contributed by atoms with Crippen molar-refractivity contribution in [2.24, 2.45) is 5.73 Å². The lowest BCUT2D eigenvalue weighted by Gasteiger charge is -2.11. The van der Waals surface area contributed by atoms with Gasteiger partial charge in [-0.1, -0.05) is 11.6 Å². The van der Waals surface area contributed by atoms with Crippen LogP contribution >= 0.6 is 45.5 Å². The Hall–Kier alpha value is -0.350. The van der Waals surface area contributed by atoms with Gasteiger partial charge in [-0.3, -0.25) is 4.72 Å². The van der Waals surface area contributed by atoms with Crippen LogP contribution in [0.25, 0.3) is 0 Å². The van der Waals surface area contributed by atoms with Gasteiger partial charge in [0.1, 0.15) is 4.90 Å². The lowest BCUT2D eigenvalue weighted by molar-refractivity contribution is 0.600. The Morgan fingerprint density at radius 2 is 2.15 bits per heavy atom. The highest BCUT2D eigenvalue weighted by atomic mass is 127. The number of nitrogens with one attached hydrogen (secondary N) is 1. The summed E-state index contributed by atoms with van der Waals surface area (Å²) >= 11 is 9.25. The van der Waals surface area contributed by atoms with Crippen LogP contribution in [0.5, 0.6) is 0 Å². The summed E-state index contributed by atoms with van der Waals surface area (Å²) < 4.78 is 28.3. The topological polar surface area (TPSA) is 72.2 Å². The van der Waals surface area contributed by atoms with E-state index in [1.54, 1.807) is 30.5 Å². The molecule has 1 heterocycles. The fourth-order valence-corrected chi connectivity index (χ4v) is 5.73. The smallest absolute Gasteiger partial charge is 0.263 e. The van der Waals surface area contributed by atoms with Crippen LogP contribution in [0.1, 0.15) is 10.4 Å². The largest absolute Gasteiger partial charge is 0.326 e. The Morgan fingerprint density at radius 3 is 2.75 bits per heavy atom. The summed E-state index contributed by atoms with van der Waals surface area (Å²) in [6.45, 7) is 1.96. The standard InChI is InChI=1S/C12H12ClIN2O2S2/c1-7-6-19-11(5-15)12(7)20(17,18)16-10-3-2-8(13)4-9(10)14/h2-4,6,16H,5,15H2,1H3. The molecule has 0 aliphatic rings. The lowest BCUT2D eigenvalue weighted by atomic mass is 10.3. The molecule has 3 N–H and O–H groups in total. The van der Waals surface area contributed by atoms with Crippen molar-refractivity contribution in [1.29, 1.82) is 0 Å². The molecule has 8 heteroatoms. The SMILES string of the molecule is Cc1csc(CN)c1S(=O)(=O)Nc1ccc(Cl)cc1I. The number of aryl methyl sites for hydroxylation is 1. The van der Waals surface area contributed by atoms with E-state index in [-0.39, 0.29) is 11.4 Å². The molecule has 0 atom stereocenters. The van der Waals surface area contributed by atoms with Crippen molar-refractivity contribution in [2.45, 2.75) is 18.4 Å². The predicted octanol–water partition coefficient (Wildman–Crippen LogP) is 3.57. The van der Waals surface area contributed by atoms with Crippen LogP contribution in [0.15, 0.2) is 28.5 Å². The average molecular weight is 443 g/mol. The van der Waals surface area contributed by atoms with Gasteiger partial charge in [0.05, 0.1) is 5.69 Å². The molecular formula is C12H12ClIN2O2S2. The first-order valence-corrected chi connectivity index (χ1v) is 9.42. The predicted molar refractivity (Wildman–Crippen MR) is 91.9 cm³/mol. The van der Waals surface area contributed by atoms with Gasteiger partial charge in [0.15, 0.2) is 0 Å². The number of nitrogens with two attached hydrogens (primary N) is 1. The van der Waals surface area contributed by atoms with Gasteiger partial charge < -0.3 is 5.73 Å². The minimum absolute atomic E-state index is 0.201. The lowest BCUT2D eigenvalue weighted by Crippen LogP contribution is -2.16. The van der Waals surface area contributed by atoms with Gasteiger partial charge in [0, 0.05) is 20.0 Å². The molecular weight excluding hydrogens is 431 g/mol. The maximum Gasteiger partial charge on any atom is 0.263 e. The molecule has 1 aromatic carbocycles. The summed E-state index contributed by atoms with van der Waals surface area (Å²) in [4.78, 5) is 0.926.